The van der Waals surface area contributed by atoms with E-state index in [9.17, 15) is 0 Å². The summed E-state index contributed by atoms with van der Waals surface area (Å²) in [6.45, 7) is 1.96. The minimum atomic E-state index is -0.397. The van der Waals surface area contributed by atoms with E-state index in [2.05, 4.69) is 0 Å². The molecule has 1 aromatic carbocycles. The van der Waals surface area contributed by atoms with Crippen molar-refractivity contribution < 1.29 is 8.83 Å². The zero-order valence-corrected chi connectivity index (χ0v) is 10.6. The zero-order valence-electron chi connectivity index (χ0n) is 9.81. The van der Waals surface area contributed by atoms with Crippen molar-refractivity contribution in [3.05, 3.63) is 58.7 Å². The van der Waals surface area contributed by atoms with Crippen LogP contribution in [0.5, 0.6) is 0 Å². The smallest absolute Gasteiger partial charge is 0.134 e. The molecule has 1 atom stereocenters. The van der Waals surface area contributed by atoms with Crippen LogP contribution in [0.15, 0.2) is 45.4 Å². The quantitative estimate of drug-likeness (QED) is 0.757. The Morgan fingerprint density at radius 2 is 2.06 bits per heavy atom. The maximum absolute atomic E-state index is 6.14. The average molecular weight is 262 g/mol. The van der Waals surface area contributed by atoms with Crippen LogP contribution in [0.25, 0.3) is 11.0 Å². The van der Waals surface area contributed by atoms with Crippen LogP contribution in [0.1, 0.15) is 23.1 Å². The molecule has 3 aromatic rings. The summed E-state index contributed by atoms with van der Waals surface area (Å²) < 4.78 is 11.1. The molecule has 0 aliphatic rings. The second kappa shape index (κ2) is 4.19. The number of furan rings is 2. The Morgan fingerprint density at radius 3 is 2.78 bits per heavy atom. The molecular formula is C14H12ClNO2. The molecule has 0 spiro atoms. The monoisotopic (exact) mass is 261 g/mol. The molecule has 2 aromatic heterocycles. The first kappa shape index (κ1) is 11.4. The summed E-state index contributed by atoms with van der Waals surface area (Å²) in [5.74, 6) is 1.39. The van der Waals surface area contributed by atoms with Crippen LogP contribution >= 0.6 is 11.6 Å². The molecule has 0 radical (unpaired) electrons. The zero-order chi connectivity index (χ0) is 12.7. The van der Waals surface area contributed by atoms with Crippen molar-refractivity contribution in [2.24, 2.45) is 5.73 Å². The van der Waals surface area contributed by atoms with Gasteiger partial charge in [-0.25, -0.2) is 0 Å². The summed E-state index contributed by atoms with van der Waals surface area (Å²) >= 11 is 5.94. The van der Waals surface area contributed by atoms with Gasteiger partial charge in [0, 0.05) is 10.4 Å². The molecule has 0 aliphatic heterocycles. The van der Waals surface area contributed by atoms with Crippen LogP contribution in [-0.2, 0) is 0 Å². The van der Waals surface area contributed by atoms with Crippen molar-refractivity contribution in [2.45, 2.75) is 13.0 Å². The van der Waals surface area contributed by atoms with E-state index in [0.29, 0.717) is 10.8 Å². The number of halogens is 1. The van der Waals surface area contributed by atoms with Crippen LogP contribution in [-0.4, -0.2) is 0 Å². The van der Waals surface area contributed by atoms with Crippen molar-refractivity contribution in [1.29, 1.82) is 0 Å². The maximum Gasteiger partial charge on any atom is 0.134 e. The summed E-state index contributed by atoms with van der Waals surface area (Å²) in [5.41, 5.74) is 7.93. The van der Waals surface area contributed by atoms with Crippen molar-refractivity contribution in [3.63, 3.8) is 0 Å². The lowest BCUT2D eigenvalue weighted by atomic mass is 10.1. The number of rotatable bonds is 2. The van der Waals surface area contributed by atoms with Crippen LogP contribution in [0, 0.1) is 6.92 Å². The van der Waals surface area contributed by atoms with Crippen LogP contribution in [0.3, 0.4) is 0 Å². The molecule has 2 heterocycles. The Balaban J connectivity index is 2.07. The molecule has 2 N–H and O–H groups in total. The normalized spacial score (nSPS) is 13.1. The standard InChI is InChI=1S/C14H12ClNO2/c1-8-4-5-17-14(8)13(16)12-7-9-6-10(15)2-3-11(9)18-12/h2-7,13H,16H2,1H3. The van der Waals surface area contributed by atoms with Gasteiger partial charge in [0.15, 0.2) is 0 Å². The molecule has 3 rings (SSSR count). The third-order valence-corrected chi connectivity index (χ3v) is 3.22. The molecule has 1 unspecified atom stereocenters. The van der Waals surface area contributed by atoms with E-state index in [1.165, 1.54) is 0 Å². The van der Waals surface area contributed by atoms with Gasteiger partial charge >= 0.3 is 0 Å². The number of benzene rings is 1. The van der Waals surface area contributed by atoms with Crippen molar-refractivity contribution in [1.82, 2.24) is 0 Å². The van der Waals surface area contributed by atoms with E-state index in [1.54, 1.807) is 12.3 Å². The molecule has 0 saturated heterocycles. The Morgan fingerprint density at radius 1 is 1.22 bits per heavy atom. The minimum absolute atomic E-state index is 0.397. The van der Waals surface area contributed by atoms with E-state index in [4.69, 9.17) is 26.2 Å². The highest BCUT2D eigenvalue weighted by atomic mass is 35.5. The first-order valence-electron chi connectivity index (χ1n) is 5.64. The topological polar surface area (TPSA) is 52.3 Å². The predicted molar refractivity (Wildman–Crippen MR) is 70.7 cm³/mol. The summed E-state index contributed by atoms with van der Waals surface area (Å²) in [5, 5.41) is 1.62. The van der Waals surface area contributed by atoms with Crippen LogP contribution < -0.4 is 5.73 Å². The van der Waals surface area contributed by atoms with Crippen molar-refractivity contribution in [3.8, 4) is 0 Å². The highest BCUT2D eigenvalue weighted by Gasteiger charge is 2.18. The van der Waals surface area contributed by atoms with Gasteiger partial charge in [-0.2, -0.15) is 0 Å². The second-order valence-corrected chi connectivity index (χ2v) is 4.71. The van der Waals surface area contributed by atoms with E-state index >= 15 is 0 Å². The fraction of sp³-hybridized carbons (Fsp3) is 0.143. The molecule has 18 heavy (non-hydrogen) atoms. The average Bonchev–Trinajstić information content (AvgIpc) is 2.93. The lowest BCUT2D eigenvalue weighted by molar-refractivity contribution is 0.443. The summed E-state index contributed by atoms with van der Waals surface area (Å²) in [6.07, 6.45) is 1.63. The lowest BCUT2D eigenvalue weighted by Gasteiger charge is -2.05. The second-order valence-electron chi connectivity index (χ2n) is 4.28. The van der Waals surface area contributed by atoms with Gasteiger partial charge in [-0.05, 0) is 42.8 Å². The van der Waals surface area contributed by atoms with Gasteiger partial charge in [-0.1, -0.05) is 11.6 Å². The van der Waals surface area contributed by atoms with Crippen LogP contribution in [0.2, 0.25) is 5.02 Å². The van der Waals surface area contributed by atoms with Gasteiger partial charge in [0.25, 0.3) is 0 Å². The Kier molecular flexibility index (Phi) is 2.65. The number of aryl methyl sites for hydroxylation is 1. The fourth-order valence-electron chi connectivity index (χ4n) is 2.02. The molecule has 0 fully saturated rings. The Bertz CT molecular complexity index is 699. The third-order valence-electron chi connectivity index (χ3n) is 2.99. The first-order valence-corrected chi connectivity index (χ1v) is 6.01. The number of hydrogen-bond donors (Lipinski definition) is 1. The van der Waals surface area contributed by atoms with Crippen molar-refractivity contribution in [2.75, 3.05) is 0 Å². The van der Waals surface area contributed by atoms with E-state index in [-0.39, 0.29) is 0 Å². The van der Waals surface area contributed by atoms with E-state index in [0.717, 1.165) is 22.3 Å². The molecule has 3 nitrogen and oxygen atoms in total. The lowest BCUT2D eigenvalue weighted by Crippen LogP contribution is -2.10. The molecular weight excluding hydrogens is 250 g/mol. The van der Waals surface area contributed by atoms with Gasteiger partial charge in [0.1, 0.15) is 23.1 Å². The van der Waals surface area contributed by atoms with Gasteiger partial charge in [-0.3, -0.25) is 0 Å². The first-order chi connectivity index (χ1) is 8.65. The highest BCUT2D eigenvalue weighted by molar-refractivity contribution is 6.31. The summed E-state index contributed by atoms with van der Waals surface area (Å²) in [4.78, 5) is 0. The SMILES string of the molecule is Cc1ccoc1C(N)c1cc2cc(Cl)ccc2o1. The maximum atomic E-state index is 6.14. The number of fused-ring (bicyclic) bond motifs is 1. The van der Waals surface area contributed by atoms with Gasteiger partial charge < -0.3 is 14.6 Å². The van der Waals surface area contributed by atoms with E-state index < -0.39 is 6.04 Å². The fourth-order valence-corrected chi connectivity index (χ4v) is 2.20. The molecule has 0 saturated carbocycles. The van der Waals surface area contributed by atoms with E-state index in [1.807, 2.05) is 31.2 Å². The molecule has 0 amide bonds. The minimum Gasteiger partial charge on any atom is -0.467 e. The number of hydrogen-bond acceptors (Lipinski definition) is 3. The molecule has 0 aliphatic carbocycles. The highest BCUT2D eigenvalue weighted by Crippen LogP contribution is 2.29. The van der Waals surface area contributed by atoms with Gasteiger partial charge in [-0.15, -0.1) is 0 Å². The van der Waals surface area contributed by atoms with Crippen LogP contribution in [0.4, 0.5) is 0 Å². The van der Waals surface area contributed by atoms with Gasteiger partial charge in [0.2, 0.25) is 0 Å². The third kappa shape index (κ3) is 1.82. The number of nitrogens with two attached hydrogens (primary N) is 1. The molecule has 0 bridgehead atoms. The Labute approximate surface area is 109 Å². The molecule has 4 heteroatoms. The molecule has 92 valence electrons. The Hall–Kier alpha value is -1.71. The van der Waals surface area contributed by atoms with Gasteiger partial charge in [0.05, 0.1) is 6.26 Å². The largest absolute Gasteiger partial charge is 0.467 e. The predicted octanol–water partition coefficient (Wildman–Crippen LogP) is 4.04. The summed E-state index contributed by atoms with van der Waals surface area (Å²) in [6, 6.07) is 8.86. The van der Waals surface area contributed by atoms with Crippen molar-refractivity contribution >= 4 is 22.6 Å². The summed E-state index contributed by atoms with van der Waals surface area (Å²) in [7, 11) is 0.